The number of rotatable bonds is 6. The Labute approximate surface area is 192 Å². The van der Waals surface area contributed by atoms with Crippen molar-refractivity contribution in [1.82, 2.24) is 4.98 Å². The number of aliphatic hydroxyl groups excluding tert-OH is 1. The Bertz CT molecular complexity index is 1230. The molecule has 33 heavy (non-hydrogen) atoms. The van der Waals surface area contributed by atoms with Crippen LogP contribution in [0.4, 0.5) is 10.8 Å². The van der Waals surface area contributed by atoms with Gasteiger partial charge in [0.2, 0.25) is 0 Å². The number of benzene rings is 2. The minimum atomic E-state index is -0.997. The third-order valence-corrected chi connectivity index (χ3v) is 5.76. The molecule has 0 aliphatic carbocycles. The lowest BCUT2D eigenvalue weighted by atomic mass is 9.95. The molecule has 0 saturated carbocycles. The second-order valence-corrected chi connectivity index (χ2v) is 8.40. The summed E-state index contributed by atoms with van der Waals surface area (Å²) in [5.41, 5.74) is 0.499. The monoisotopic (exact) mass is 465 g/mol. The van der Waals surface area contributed by atoms with E-state index in [1.807, 2.05) is 13.8 Å². The highest BCUT2D eigenvalue weighted by molar-refractivity contribution is 7.14. The number of carbonyl (C=O) groups excluding carboxylic acids is 2. The molecule has 0 bridgehead atoms. The molecule has 168 valence electrons. The van der Waals surface area contributed by atoms with Crippen LogP contribution in [-0.4, -0.2) is 32.8 Å². The number of aromatic nitrogens is 1. The van der Waals surface area contributed by atoms with Crippen molar-refractivity contribution in [2.24, 2.45) is 0 Å². The molecule has 10 heteroatoms. The van der Waals surface area contributed by atoms with E-state index in [1.54, 1.807) is 29.6 Å². The fourth-order valence-electron chi connectivity index (χ4n) is 3.58. The first-order valence-electron chi connectivity index (χ1n) is 10.00. The van der Waals surface area contributed by atoms with Crippen LogP contribution in [0, 0.1) is 10.1 Å². The fourth-order valence-corrected chi connectivity index (χ4v) is 4.24. The molecule has 1 aliphatic heterocycles. The van der Waals surface area contributed by atoms with Crippen molar-refractivity contribution >= 4 is 39.6 Å². The quantitative estimate of drug-likeness (QED) is 0.187. The maximum atomic E-state index is 13.0. The lowest BCUT2D eigenvalue weighted by Gasteiger charge is -2.22. The minimum absolute atomic E-state index is 0.0322. The molecule has 0 spiro atoms. The molecule has 1 amide bonds. The number of non-ortho nitro benzene ring substituents is 1. The Morgan fingerprint density at radius 2 is 1.82 bits per heavy atom. The molecule has 3 aromatic rings. The van der Waals surface area contributed by atoms with Gasteiger partial charge in [0.25, 0.3) is 11.5 Å². The van der Waals surface area contributed by atoms with Gasteiger partial charge in [0.05, 0.1) is 22.6 Å². The van der Waals surface area contributed by atoms with E-state index >= 15 is 0 Å². The zero-order valence-corrected chi connectivity index (χ0v) is 18.5. The first-order valence-corrected chi connectivity index (χ1v) is 10.9. The zero-order chi connectivity index (χ0) is 23.7. The van der Waals surface area contributed by atoms with Gasteiger partial charge in [-0.2, -0.15) is 0 Å². The molecule has 4 rings (SSSR count). The number of nitro benzene ring substituents is 1. The maximum Gasteiger partial charge on any atom is 0.301 e. The number of amides is 1. The van der Waals surface area contributed by atoms with E-state index in [-0.39, 0.29) is 28.3 Å². The summed E-state index contributed by atoms with van der Waals surface area (Å²) < 4.78 is 5.61. The predicted molar refractivity (Wildman–Crippen MR) is 122 cm³/mol. The van der Waals surface area contributed by atoms with Gasteiger partial charge < -0.3 is 9.84 Å². The standard InChI is InChI=1S/C23H19N3O6S/c1-13(2)32-17-9-5-15(6-10-17)20(27)18-19(14-3-7-16(8-4-14)26(30)31)25(22(29)21(18)28)23-24-11-12-33-23/h3-13,19,27H,1-2H3. The zero-order valence-electron chi connectivity index (χ0n) is 17.7. The van der Waals surface area contributed by atoms with E-state index in [1.165, 1.54) is 35.4 Å². The SMILES string of the molecule is CC(C)Oc1ccc(C(O)=C2C(=O)C(=O)N(c3nccs3)C2c2ccc([N+](=O)[O-])cc2)cc1. The largest absolute Gasteiger partial charge is 0.507 e. The number of aliphatic hydroxyl groups is 1. The van der Waals surface area contributed by atoms with Crippen LogP contribution in [0.1, 0.15) is 31.0 Å². The summed E-state index contributed by atoms with van der Waals surface area (Å²) in [6, 6.07) is 11.0. The number of nitrogens with zero attached hydrogens (tertiary/aromatic N) is 3. The lowest BCUT2D eigenvalue weighted by molar-refractivity contribution is -0.384. The molecule has 1 fully saturated rings. The van der Waals surface area contributed by atoms with Crippen molar-refractivity contribution in [3.63, 3.8) is 0 Å². The smallest absolute Gasteiger partial charge is 0.301 e. The number of carbonyl (C=O) groups is 2. The van der Waals surface area contributed by atoms with Crippen LogP contribution in [0.5, 0.6) is 5.75 Å². The Morgan fingerprint density at radius 3 is 2.36 bits per heavy atom. The van der Waals surface area contributed by atoms with Crippen molar-refractivity contribution in [2.45, 2.75) is 26.0 Å². The lowest BCUT2D eigenvalue weighted by Crippen LogP contribution is -2.29. The molecule has 2 aromatic carbocycles. The fraction of sp³-hybridized carbons (Fsp3) is 0.174. The van der Waals surface area contributed by atoms with Crippen LogP contribution in [0.15, 0.2) is 65.7 Å². The number of Topliss-reactive ketones (excluding diaryl/α,β-unsaturated/α-hetero) is 1. The number of ether oxygens (including phenoxy) is 1. The molecule has 1 aromatic heterocycles. The van der Waals surface area contributed by atoms with Gasteiger partial charge in [-0.15, -0.1) is 11.3 Å². The van der Waals surface area contributed by atoms with Gasteiger partial charge in [0.15, 0.2) is 5.13 Å². The maximum absolute atomic E-state index is 13.0. The number of hydrogen-bond donors (Lipinski definition) is 1. The van der Waals surface area contributed by atoms with Crippen LogP contribution in [0.25, 0.3) is 5.76 Å². The van der Waals surface area contributed by atoms with E-state index in [0.29, 0.717) is 16.9 Å². The predicted octanol–water partition coefficient (Wildman–Crippen LogP) is 4.46. The van der Waals surface area contributed by atoms with E-state index in [4.69, 9.17) is 4.74 Å². The number of ketones is 1. The van der Waals surface area contributed by atoms with Crippen molar-refractivity contribution in [1.29, 1.82) is 0 Å². The van der Waals surface area contributed by atoms with E-state index in [0.717, 1.165) is 11.3 Å². The van der Waals surface area contributed by atoms with Crippen LogP contribution in [-0.2, 0) is 9.59 Å². The molecule has 1 saturated heterocycles. The first-order chi connectivity index (χ1) is 15.8. The normalized spacial score (nSPS) is 17.5. The van der Waals surface area contributed by atoms with Crippen LogP contribution in [0.2, 0.25) is 0 Å². The Morgan fingerprint density at radius 1 is 1.15 bits per heavy atom. The van der Waals surface area contributed by atoms with Gasteiger partial charge >= 0.3 is 5.91 Å². The molecular weight excluding hydrogens is 446 g/mol. The highest BCUT2D eigenvalue weighted by Gasteiger charge is 2.48. The van der Waals surface area contributed by atoms with Gasteiger partial charge in [-0.25, -0.2) is 4.98 Å². The van der Waals surface area contributed by atoms with E-state index in [2.05, 4.69) is 4.98 Å². The summed E-state index contributed by atoms with van der Waals surface area (Å²) in [5, 5.41) is 24.1. The topological polar surface area (TPSA) is 123 Å². The van der Waals surface area contributed by atoms with Gasteiger partial charge in [0.1, 0.15) is 11.5 Å². The summed E-state index contributed by atoms with van der Waals surface area (Å²) in [6.45, 7) is 3.77. The van der Waals surface area contributed by atoms with Crippen molar-refractivity contribution in [2.75, 3.05) is 4.90 Å². The highest BCUT2D eigenvalue weighted by atomic mass is 32.1. The third kappa shape index (κ3) is 4.20. The molecule has 1 aliphatic rings. The second-order valence-electron chi connectivity index (χ2n) is 7.52. The average Bonchev–Trinajstić information content (AvgIpc) is 3.40. The number of hydrogen-bond acceptors (Lipinski definition) is 8. The summed E-state index contributed by atoms with van der Waals surface area (Å²) in [4.78, 5) is 41.9. The molecule has 1 atom stereocenters. The molecule has 1 unspecified atom stereocenters. The van der Waals surface area contributed by atoms with Crippen LogP contribution >= 0.6 is 11.3 Å². The van der Waals surface area contributed by atoms with E-state index < -0.39 is 22.7 Å². The molecular formula is C23H19N3O6S. The Kier molecular flexibility index (Phi) is 5.93. The van der Waals surface area contributed by atoms with Crippen molar-refractivity contribution < 1.29 is 24.4 Å². The van der Waals surface area contributed by atoms with Gasteiger partial charge in [0, 0.05) is 29.3 Å². The number of thiazole rings is 1. The molecule has 9 nitrogen and oxygen atoms in total. The summed E-state index contributed by atoms with van der Waals surface area (Å²) in [5.74, 6) is -1.47. The third-order valence-electron chi connectivity index (χ3n) is 4.99. The second kappa shape index (κ2) is 8.83. The summed E-state index contributed by atoms with van der Waals surface area (Å²) in [7, 11) is 0. The number of anilines is 1. The summed E-state index contributed by atoms with van der Waals surface area (Å²) >= 11 is 1.16. The van der Waals surface area contributed by atoms with E-state index in [9.17, 15) is 24.8 Å². The van der Waals surface area contributed by atoms with Gasteiger partial charge in [-0.3, -0.25) is 24.6 Å². The van der Waals surface area contributed by atoms with Gasteiger partial charge in [-0.1, -0.05) is 0 Å². The van der Waals surface area contributed by atoms with Crippen LogP contribution in [0.3, 0.4) is 0 Å². The molecule has 1 N–H and O–H groups in total. The number of nitro groups is 1. The Balaban J connectivity index is 1.84. The molecule has 0 radical (unpaired) electrons. The first kappa shape index (κ1) is 22.2. The highest BCUT2D eigenvalue weighted by Crippen LogP contribution is 2.43. The minimum Gasteiger partial charge on any atom is -0.507 e. The average molecular weight is 465 g/mol. The van der Waals surface area contributed by atoms with Crippen molar-refractivity contribution in [3.05, 3.63) is 86.9 Å². The molecule has 2 heterocycles. The summed E-state index contributed by atoms with van der Waals surface area (Å²) in [6.07, 6.45) is 1.47. The van der Waals surface area contributed by atoms with Crippen molar-refractivity contribution in [3.8, 4) is 5.75 Å². The van der Waals surface area contributed by atoms with Gasteiger partial charge in [-0.05, 0) is 55.8 Å². The van der Waals surface area contributed by atoms with Crippen LogP contribution < -0.4 is 9.64 Å². The Hall–Kier alpha value is -4.05.